The summed E-state index contributed by atoms with van der Waals surface area (Å²) in [4.78, 5) is 16.4. The number of ether oxygens (including phenoxy) is 1. The van der Waals surface area contributed by atoms with Crippen LogP contribution >= 0.6 is 39.5 Å². The topological polar surface area (TPSA) is 38.7 Å². The van der Waals surface area contributed by atoms with Gasteiger partial charge in [0.2, 0.25) is 5.12 Å². The molecule has 0 aliphatic carbocycles. The minimum Gasteiger partial charge on any atom is -0.488 e. The molecular formula is C19H16BrNO2S2. The summed E-state index contributed by atoms with van der Waals surface area (Å²) in [5.74, 6) is 1.68. The molecule has 0 atom stereocenters. The molecule has 0 radical (unpaired) electrons. The first kappa shape index (κ1) is 18.3. The van der Waals surface area contributed by atoms with Gasteiger partial charge in [0, 0.05) is 0 Å². The van der Waals surface area contributed by atoms with Crippen molar-refractivity contribution in [3.05, 3.63) is 69.8 Å². The largest absolute Gasteiger partial charge is 0.488 e. The van der Waals surface area contributed by atoms with Gasteiger partial charge in [-0.3, -0.25) is 4.79 Å². The second-order valence-electron chi connectivity index (χ2n) is 5.19. The molecule has 128 valence electrons. The van der Waals surface area contributed by atoms with Gasteiger partial charge in [0.05, 0.1) is 4.47 Å². The Kier molecular flexibility index (Phi) is 6.39. The summed E-state index contributed by atoms with van der Waals surface area (Å²) in [6, 6.07) is 15.8. The molecule has 0 saturated heterocycles. The molecule has 25 heavy (non-hydrogen) atoms. The smallest absolute Gasteiger partial charge is 0.244 e. The predicted octanol–water partition coefficient (Wildman–Crippen LogP) is 5.75. The van der Waals surface area contributed by atoms with E-state index in [1.54, 1.807) is 11.8 Å². The first-order valence-corrected chi connectivity index (χ1v) is 10.4. The maximum Gasteiger partial charge on any atom is 0.244 e. The van der Waals surface area contributed by atoms with Gasteiger partial charge in [-0.05, 0) is 62.8 Å². The fourth-order valence-corrected chi connectivity index (χ4v) is 4.44. The SMILES string of the molecule is CCSC1=N/C(=C/c2ccc(OCc3ccccc3)c(Br)c2)C(=O)S1. The zero-order chi connectivity index (χ0) is 17.6. The molecule has 6 heteroatoms. The second kappa shape index (κ2) is 8.74. The zero-order valence-corrected chi connectivity index (χ0v) is 16.8. The van der Waals surface area contributed by atoms with Crippen molar-refractivity contribution in [2.45, 2.75) is 13.5 Å². The van der Waals surface area contributed by atoms with Crippen molar-refractivity contribution < 1.29 is 9.53 Å². The third-order valence-electron chi connectivity index (χ3n) is 3.37. The van der Waals surface area contributed by atoms with Gasteiger partial charge < -0.3 is 4.74 Å². The normalized spacial score (nSPS) is 15.5. The van der Waals surface area contributed by atoms with Crippen LogP contribution in [0.4, 0.5) is 0 Å². The van der Waals surface area contributed by atoms with Crippen LogP contribution in [0, 0.1) is 0 Å². The lowest BCUT2D eigenvalue weighted by Crippen LogP contribution is -1.96. The lowest BCUT2D eigenvalue weighted by Gasteiger charge is -2.09. The van der Waals surface area contributed by atoms with Crippen molar-refractivity contribution in [1.29, 1.82) is 0 Å². The van der Waals surface area contributed by atoms with Crippen molar-refractivity contribution in [1.82, 2.24) is 0 Å². The lowest BCUT2D eigenvalue weighted by molar-refractivity contribution is -0.107. The maximum atomic E-state index is 12.0. The number of halogens is 1. The number of thioether (sulfide) groups is 2. The van der Waals surface area contributed by atoms with Crippen LogP contribution in [0.15, 0.2) is 63.7 Å². The molecule has 0 aromatic heterocycles. The highest BCUT2D eigenvalue weighted by molar-refractivity contribution is 9.10. The average molecular weight is 434 g/mol. The molecule has 1 aliphatic heterocycles. The van der Waals surface area contributed by atoms with E-state index in [2.05, 4.69) is 20.9 Å². The van der Waals surface area contributed by atoms with E-state index in [4.69, 9.17) is 4.74 Å². The molecule has 1 aliphatic rings. The molecule has 0 spiro atoms. The van der Waals surface area contributed by atoms with Crippen LogP contribution in [0.25, 0.3) is 6.08 Å². The van der Waals surface area contributed by atoms with Gasteiger partial charge >= 0.3 is 0 Å². The number of carbonyl (C=O) groups is 1. The third kappa shape index (κ3) is 5.00. The van der Waals surface area contributed by atoms with E-state index in [9.17, 15) is 4.79 Å². The summed E-state index contributed by atoms with van der Waals surface area (Å²) < 4.78 is 7.52. The highest BCUT2D eigenvalue weighted by atomic mass is 79.9. The van der Waals surface area contributed by atoms with Crippen molar-refractivity contribution >= 4 is 55.0 Å². The van der Waals surface area contributed by atoms with Crippen LogP contribution in [0.1, 0.15) is 18.1 Å². The van der Waals surface area contributed by atoms with Gasteiger partial charge in [-0.15, -0.1) is 0 Å². The number of nitrogens with zero attached hydrogens (tertiary/aromatic N) is 1. The van der Waals surface area contributed by atoms with E-state index in [1.165, 1.54) is 11.8 Å². The number of aliphatic imine (C=N–C) groups is 1. The number of hydrogen-bond donors (Lipinski definition) is 0. The monoisotopic (exact) mass is 433 g/mol. The van der Waals surface area contributed by atoms with Gasteiger partial charge in [-0.25, -0.2) is 4.99 Å². The molecule has 0 unspecified atom stereocenters. The molecule has 1 heterocycles. The molecule has 2 aromatic rings. The fourth-order valence-electron chi connectivity index (χ4n) is 2.19. The average Bonchev–Trinajstić information content (AvgIpc) is 2.95. The summed E-state index contributed by atoms with van der Waals surface area (Å²) in [6.07, 6.45) is 1.81. The molecule has 3 rings (SSSR count). The van der Waals surface area contributed by atoms with E-state index in [0.29, 0.717) is 12.3 Å². The highest BCUT2D eigenvalue weighted by Crippen LogP contribution is 2.32. The minimum atomic E-state index is -0.00326. The molecule has 2 aromatic carbocycles. The Balaban J connectivity index is 1.71. The minimum absolute atomic E-state index is 0.00326. The van der Waals surface area contributed by atoms with Gasteiger partial charge in [0.15, 0.2) is 0 Å². The quantitative estimate of drug-likeness (QED) is 0.562. The zero-order valence-electron chi connectivity index (χ0n) is 13.6. The molecule has 0 amide bonds. The molecule has 0 fully saturated rings. The van der Waals surface area contributed by atoms with E-state index in [0.717, 1.165) is 31.5 Å². The van der Waals surface area contributed by atoms with Crippen LogP contribution < -0.4 is 4.74 Å². The Bertz CT molecular complexity index is 835. The standard InChI is InChI=1S/C19H16BrNO2S2/c1-2-24-19-21-16(18(22)25-19)11-14-8-9-17(15(20)10-14)23-12-13-6-4-3-5-7-13/h3-11H,2,12H2,1H3/b16-11+. The molecule has 0 bridgehead atoms. The molecular weight excluding hydrogens is 418 g/mol. The molecule has 0 N–H and O–H groups in total. The summed E-state index contributed by atoms with van der Waals surface area (Å²) in [5, 5.41) is -0.00326. The van der Waals surface area contributed by atoms with Crippen molar-refractivity contribution in [3.63, 3.8) is 0 Å². The van der Waals surface area contributed by atoms with E-state index < -0.39 is 0 Å². The fraction of sp³-hybridized carbons (Fsp3) is 0.158. The lowest BCUT2D eigenvalue weighted by atomic mass is 10.2. The number of benzene rings is 2. The first-order chi connectivity index (χ1) is 12.2. The van der Waals surface area contributed by atoms with E-state index >= 15 is 0 Å². The highest BCUT2D eigenvalue weighted by Gasteiger charge is 2.21. The van der Waals surface area contributed by atoms with Gasteiger partial charge in [-0.1, -0.05) is 55.1 Å². The predicted molar refractivity (Wildman–Crippen MR) is 111 cm³/mol. The summed E-state index contributed by atoms with van der Waals surface area (Å²) in [6.45, 7) is 2.56. The first-order valence-electron chi connectivity index (χ1n) is 7.77. The van der Waals surface area contributed by atoms with Crippen molar-refractivity contribution in [2.24, 2.45) is 4.99 Å². The van der Waals surface area contributed by atoms with Crippen LogP contribution in [-0.2, 0) is 11.4 Å². The van der Waals surface area contributed by atoms with Crippen molar-refractivity contribution in [3.8, 4) is 5.75 Å². The maximum absolute atomic E-state index is 12.0. The summed E-state index contributed by atoms with van der Waals surface area (Å²) in [5.41, 5.74) is 2.52. The van der Waals surface area contributed by atoms with Crippen LogP contribution in [0.5, 0.6) is 5.75 Å². The van der Waals surface area contributed by atoms with E-state index in [-0.39, 0.29) is 5.12 Å². The number of carbonyl (C=O) groups excluding carboxylic acids is 1. The number of rotatable bonds is 5. The van der Waals surface area contributed by atoms with Crippen LogP contribution in [0.3, 0.4) is 0 Å². The Labute approximate surface area is 164 Å². The van der Waals surface area contributed by atoms with Gasteiger partial charge in [0.1, 0.15) is 22.4 Å². The van der Waals surface area contributed by atoms with Gasteiger partial charge in [0.25, 0.3) is 0 Å². The molecule has 3 nitrogen and oxygen atoms in total. The number of hydrogen-bond acceptors (Lipinski definition) is 5. The van der Waals surface area contributed by atoms with Crippen molar-refractivity contribution in [2.75, 3.05) is 5.75 Å². The Hall–Kier alpha value is -1.50. The second-order valence-corrected chi connectivity index (χ2v) is 8.52. The van der Waals surface area contributed by atoms with Crippen LogP contribution in [0.2, 0.25) is 0 Å². The van der Waals surface area contributed by atoms with Crippen LogP contribution in [-0.4, -0.2) is 15.2 Å². The summed E-state index contributed by atoms with van der Waals surface area (Å²) >= 11 is 6.33. The molecule has 0 saturated carbocycles. The third-order valence-corrected chi connectivity index (χ3v) is 5.88. The Morgan fingerprint density at radius 2 is 2.04 bits per heavy atom. The summed E-state index contributed by atoms with van der Waals surface area (Å²) in [7, 11) is 0. The Morgan fingerprint density at radius 3 is 2.76 bits per heavy atom. The Morgan fingerprint density at radius 1 is 1.24 bits per heavy atom. The van der Waals surface area contributed by atoms with Gasteiger partial charge in [-0.2, -0.15) is 0 Å². The van der Waals surface area contributed by atoms with E-state index in [1.807, 2.05) is 61.5 Å².